The second-order valence-corrected chi connectivity index (χ2v) is 8.26. The molecule has 7 heteroatoms. The number of hydrogen-bond acceptors (Lipinski definition) is 4. The first-order chi connectivity index (χ1) is 10.9. The number of sulfonamides is 1. The predicted octanol–water partition coefficient (Wildman–Crippen LogP) is 0.809. The highest BCUT2D eigenvalue weighted by Gasteiger charge is 2.28. The van der Waals surface area contributed by atoms with E-state index < -0.39 is 10.0 Å². The van der Waals surface area contributed by atoms with Gasteiger partial charge in [-0.25, -0.2) is 13.1 Å². The van der Waals surface area contributed by atoms with E-state index in [0.29, 0.717) is 18.0 Å². The highest BCUT2D eigenvalue weighted by molar-refractivity contribution is 7.89. The van der Waals surface area contributed by atoms with Crippen LogP contribution in [0.2, 0.25) is 0 Å². The molecule has 1 heterocycles. The molecule has 0 bridgehead atoms. The molecule has 1 atom stereocenters. The third kappa shape index (κ3) is 4.31. The molecule has 6 nitrogen and oxygen atoms in total. The molecule has 1 saturated carbocycles. The van der Waals surface area contributed by atoms with Crippen LogP contribution < -0.4 is 10.0 Å². The van der Waals surface area contributed by atoms with Crippen molar-refractivity contribution in [1.29, 1.82) is 0 Å². The summed E-state index contributed by atoms with van der Waals surface area (Å²) in [4.78, 5) is 14.6. The topological polar surface area (TPSA) is 78.5 Å². The standard InChI is InChI=1S/C16H23N3O3S/c1-19-9-8-12(11-19)10-17-16(20)13-2-6-15(7-3-13)23(21,22)18-14-4-5-14/h2-3,6-7,12,14,18H,4-5,8-11H2,1H3,(H,17,20)/t12-/m1/s1. The van der Waals surface area contributed by atoms with Crippen LogP contribution in [-0.4, -0.2) is 51.9 Å². The molecular formula is C16H23N3O3S. The Labute approximate surface area is 137 Å². The van der Waals surface area contributed by atoms with Crippen LogP contribution in [0.25, 0.3) is 0 Å². The van der Waals surface area contributed by atoms with Crippen LogP contribution in [0, 0.1) is 5.92 Å². The van der Waals surface area contributed by atoms with Crippen molar-refractivity contribution in [3.63, 3.8) is 0 Å². The number of carbonyl (C=O) groups is 1. The fourth-order valence-corrected chi connectivity index (χ4v) is 4.11. The maximum Gasteiger partial charge on any atom is 0.251 e. The zero-order valence-electron chi connectivity index (χ0n) is 13.3. The number of nitrogens with one attached hydrogen (secondary N) is 2. The molecule has 0 radical (unpaired) electrons. The van der Waals surface area contributed by atoms with Crippen LogP contribution in [-0.2, 0) is 10.0 Å². The Morgan fingerprint density at radius 1 is 1.22 bits per heavy atom. The average Bonchev–Trinajstić information content (AvgIpc) is 3.23. The van der Waals surface area contributed by atoms with Crippen LogP contribution >= 0.6 is 0 Å². The van der Waals surface area contributed by atoms with Crippen LogP contribution in [0.1, 0.15) is 29.6 Å². The molecule has 1 aromatic carbocycles. The van der Waals surface area contributed by atoms with E-state index in [1.165, 1.54) is 12.1 Å². The van der Waals surface area contributed by atoms with E-state index in [0.717, 1.165) is 32.4 Å². The largest absolute Gasteiger partial charge is 0.352 e. The minimum absolute atomic E-state index is 0.0764. The first kappa shape index (κ1) is 16.4. The van der Waals surface area contributed by atoms with Crippen molar-refractivity contribution in [3.8, 4) is 0 Å². The van der Waals surface area contributed by atoms with Crippen molar-refractivity contribution in [3.05, 3.63) is 29.8 Å². The van der Waals surface area contributed by atoms with Crippen LogP contribution in [0.4, 0.5) is 0 Å². The summed E-state index contributed by atoms with van der Waals surface area (Å²) in [7, 11) is -1.38. The van der Waals surface area contributed by atoms with E-state index in [9.17, 15) is 13.2 Å². The second kappa shape index (κ2) is 6.59. The Morgan fingerprint density at radius 2 is 1.91 bits per heavy atom. The molecular weight excluding hydrogens is 314 g/mol. The maximum absolute atomic E-state index is 12.1. The van der Waals surface area contributed by atoms with Crippen molar-refractivity contribution in [2.75, 3.05) is 26.7 Å². The second-order valence-electron chi connectivity index (χ2n) is 6.55. The lowest BCUT2D eigenvalue weighted by molar-refractivity contribution is 0.0947. The van der Waals surface area contributed by atoms with E-state index in [2.05, 4.69) is 22.0 Å². The molecule has 23 heavy (non-hydrogen) atoms. The van der Waals surface area contributed by atoms with Crippen molar-refractivity contribution < 1.29 is 13.2 Å². The monoisotopic (exact) mass is 337 g/mol. The maximum atomic E-state index is 12.1. The molecule has 2 aliphatic rings. The van der Waals surface area contributed by atoms with Gasteiger partial charge in [0.05, 0.1) is 4.90 Å². The molecule has 2 fully saturated rings. The Morgan fingerprint density at radius 3 is 2.48 bits per heavy atom. The van der Waals surface area contributed by atoms with Gasteiger partial charge in [-0.2, -0.15) is 0 Å². The van der Waals surface area contributed by atoms with E-state index >= 15 is 0 Å². The SMILES string of the molecule is CN1CC[C@H](CNC(=O)c2ccc(S(=O)(=O)NC3CC3)cc2)C1. The highest BCUT2D eigenvalue weighted by atomic mass is 32.2. The van der Waals surface area contributed by atoms with Gasteiger partial charge in [0, 0.05) is 24.7 Å². The number of likely N-dealkylation sites (tertiary alicyclic amines) is 1. The minimum atomic E-state index is -3.46. The smallest absolute Gasteiger partial charge is 0.251 e. The number of nitrogens with zero attached hydrogens (tertiary/aromatic N) is 1. The van der Waals surface area contributed by atoms with E-state index in [-0.39, 0.29) is 16.8 Å². The third-order valence-electron chi connectivity index (χ3n) is 4.37. The van der Waals surface area contributed by atoms with Crippen LogP contribution in [0.5, 0.6) is 0 Å². The average molecular weight is 337 g/mol. The van der Waals surface area contributed by atoms with Gasteiger partial charge < -0.3 is 10.2 Å². The summed E-state index contributed by atoms with van der Waals surface area (Å²) in [6.45, 7) is 2.73. The molecule has 3 rings (SSSR count). The first-order valence-corrected chi connectivity index (χ1v) is 9.51. The van der Waals surface area contributed by atoms with Crippen molar-refractivity contribution in [2.45, 2.75) is 30.2 Å². The summed E-state index contributed by atoms with van der Waals surface area (Å²) < 4.78 is 26.8. The molecule has 1 aliphatic heterocycles. The molecule has 1 saturated heterocycles. The van der Waals surface area contributed by atoms with Gasteiger partial charge in [-0.15, -0.1) is 0 Å². The lowest BCUT2D eigenvalue weighted by atomic mass is 10.1. The Hall–Kier alpha value is -1.44. The van der Waals surface area contributed by atoms with Crippen molar-refractivity contribution >= 4 is 15.9 Å². The molecule has 1 amide bonds. The Kier molecular flexibility index (Phi) is 4.70. The van der Waals surface area contributed by atoms with E-state index in [1.54, 1.807) is 12.1 Å². The Balaban J connectivity index is 1.56. The van der Waals surface area contributed by atoms with E-state index in [1.807, 2.05) is 0 Å². The van der Waals surface area contributed by atoms with E-state index in [4.69, 9.17) is 0 Å². The normalized spacial score (nSPS) is 22.2. The summed E-state index contributed by atoms with van der Waals surface area (Å²) in [6.07, 6.45) is 2.90. The molecule has 1 aromatic rings. The number of amides is 1. The molecule has 0 aromatic heterocycles. The van der Waals surface area contributed by atoms with Gasteiger partial charge in [-0.05, 0) is 63.0 Å². The van der Waals surface area contributed by atoms with Gasteiger partial charge in [0.1, 0.15) is 0 Å². The number of benzene rings is 1. The van der Waals surface area contributed by atoms with Gasteiger partial charge in [0.25, 0.3) is 5.91 Å². The summed E-state index contributed by atoms with van der Waals surface area (Å²) >= 11 is 0. The van der Waals surface area contributed by atoms with Gasteiger partial charge in [0.15, 0.2) is 0 Å². The molecule has 0 unspecified atom stereocenters. The zero-order valence-corrected chi connectivity index (χ0v) is 14.1. The summed E-state index contributed by atoms with van der Waals surface area (Å²) in [5.74, 6) is 0.338. The number of hydrogen-bond donors (Lipinski definition) is 2. The van der Waals surface area contributed by atoms with Crippen LogP contribution in [0.3, 0.4) is 0 Å². The lowest BCUT2D eigenvalue weighted by Crippen LogP contribution is -2.30. The van der Waals surface area contributed by atoms with Gasteiger partial charge in [-0.1, -0.05) is 0 Å². The van der Waals surface area contributed by atoms with Gasteiger partial charge >= 0.3 is 0 Å². The van der Waals surface area contributed by atoms with Crippen molar-refractivity contribution in [2.24, 2.45) is 5.92 Å². The van der Waals surface area contributed by atoms with Gasteiger partial charge in [0.2, 0.25) is 10.0 Å². The molecule has 1 aliphatic carbocycles. The lowest BCUT2D eigenvalue weighted by Gasteiger charge is -2.12. The van der Waals surface area contributed by atoms with Gasteiger partial charge in [-0.3, -0.25) is 4.79 Å². The van der Waals surface area contributed by atoms with Crippen LogP contribution in [0.15, 0.2) is 29.2 Å². The number of rotatable bonds is 6. The molecule has 2 N–H and O–H groups in total. The number of carbonyl (C=O) groups excluding carboxylic acids is 1. The van der Waals surface area contributed by atoms with Crippen molar-refractivity contribution in [1.82, 2.24) is 14.9 Å². The third-order valence-corrected chi connectivity index (χ3v) is 5.90. The summed E-state index contributed by atoms with van der Waals surface area (Å²) in [5, 5.41) is 2.93. The fraction of sp³-hybridized carbons (Fsp3) is 0.562. The summed E-state index contributed by atoms with van der Waals surface area (Å²) in [5.41, 5.74) is 0.488. The molecule has 0 spiro atoms. The minimum Gasteiger partial charge on any atom is -0.352 e. The fourth-order valence-electron chi connectivity index (χ4n) is 2.81. The predicted molar refractivity (Wildman–Crippen MR) is 87.7 cm³/mol. The zero-order chi connectivity index (χ0) is 16.4. The quantitative estimate of drug-likeness (QED) is 0.805. The Bertz CT molecular complexity index is 668. The summed E-state index contributed by atoms with van der Waals surface area (Å²) in [6, 6.07) is 6.19. The first-order valence-electron chi connectivity index (χ1n) is 8.03. The highest BCUT2D eigenvalue weighted by Crippen LogP contribution is 2.22. The molecule has 126 valence electrons.